The van der Waals surface area contributed by atoms with E-state index in [-0.39, 0.29) is 0 Å². The van der Waals surface area contributed by atoms with Crippen molar-refractivity contribution < 1.29 is 0 Å². The molecule has 1 atom stereocenters. The molecule has 1 saturated carbocycles. The third-order valence-corrected chi connectivity index (χ3v) is 5.76. The van der Waals surface area contributed by atoms with E-state index in [1.165, 1.54) is 37.0 Å². The normalized spacial score (nSPS) is 18.5. The molecule has 1 fully saturated rings. The SMILES string of the molecule is CNC(CSc1ccc(Cl)c(Cl)c1)C1CCCCC1. The van der Waals surface area contributed by atoms with E-state index in [2.05, 4.69) is 12.4 Å². The van der Waals surface area contributed by atoms with Crippen molar-refractivity contribution in [3.05, 3.63) is 28.2 Å². The molecule has 0 aromatic heterocycles. The number of hydrogen-bond donors (Lipinski definition) is 1. The minimum absolute atomic E-state index is 0.597. The summed E-state index contributed by atoms with van der Waals surface area (Å²) < 4.78 is 0. The van der Waals surface area contributed by atoms with Crippen LogP contribution in [0.4, 0.5) is 0 Å². The summed E-state index contributed by atoms with van der Waals surface area (Å²) >= 11 is 13.9. The van der Waals surface area contributed by atoms with Gasteiger partial charge in [0, 0.05) is 16.7 Å². The summed E-state index contributed by atoms with van der Waals surface area (Å²) in [6.07, 6.45) is 6.92. The molecule has 0 saturated heterocycles. The molecular weight excluding hydrogens is 297 g/mol. The molecule has 1 unspecified atom stereocenters. The van der Waals surface area contributed by atoms with E-state index < -0.39 is 0 Å². The number of nitrogens with one attached hydrogen (secondary N) is 1. The Bertz CT molecular complexity index is 405. The van der Waals surface area contributed by atoms with Gasteiger partial charge >= 0.3 is 0 Å². The van der Waals surface area contributed by atoms with Gasteiger partial charge in [0.05, 0.1) is 10.0 Å². The fraction of sp³-hybridized carbons (Fsp3) is 0.600. The molecule has 106 valence electrons. The second-order valence-corrected chi connectivity index (χ2v) is 7.09. The topological polar surface area (TPSA) is 12.0 Å². The average molecular weight is 318 g/mol. The Labute approximate surface area is 130 Å². The largest absolute Gasteiger partial charge is 0.316 e. The number of thioether (sulfide) groups is 1. The first-order valence-electron chi connectivity index (χ1n) is 6.96. The van der Waals surface area contributed by atoms with E-state index in [0.29, 0.717) is 16.1 Å². The first-order chi connectivity index (χ1) is 9.20. The molecule has 1 N–H and O–H groups in total. The third kappa shape index (κ3) is 4.56. The summed E-state index contributed by atoms with van der Waals surface area (Å²) in [5.74, 6) is 1.92. The lowest BCUT2D eigenvalue weighted by atomic mass is 9.84. The summed E-state index contributed by atoms with van der Waals surface area (Å²) in [6, 6.07) is 6.48. The van der Waals surface area contributed by atoms with Crippen LogP contribution in [-0.2, 0) is 0 Å². The van der Waals surface area contributed by atoms with Gasteiger partial charge in [0.25, 0.3) is 0 Å². The lowest BCUT2D eigenvalue weighted by molar-refractivity contribution is 0.294. The van der Waals surface area contributed by atoms with Crippen molar-refractivity contribution in [2.24, 2.45) is 5.92 Å². The van der Waals surface area contributed by atoms with Gasteiger partial charge in [-0.3, -0.25) is 0 Å². The number of benzene rings is 1. The van der Waals surface area contributed by atoms with E-state index in [1.807, 2.05) is 30.0 Å². The molecule has 0 aliphatic heterocycles. The van der Waals surface area contributed by atoms with Crippen LogP contribution in [0.15, 0.2) is 23.1 Å². The highest BCUT2D eigenvalue weighted by Gasteiger charge is 2.22. The van der Waals surface area contributed by atoms with E-state index >= 15 is 0 Å². The number of hydrogen-bond acceptors (Lipinski definition) is 2. The van der Waals surface area contributed by atoms with Crippen LogP contribution in [0.3, 0.4) is 0 Å². The van der Waals surface area contributed by atoms with Gasteiger partial charge < -0.3 is 5.32 Å². The van der Waals surface area contributed by atoms with Crippen LogP contribution < -0.4 is 5.32 Å². The molecule has 0 radical (unpaired) electrons. The molecule has 0 bridgehead atoms. The molecular formula is C15H21Cl2NS. The Balaban J connectivity index is 1.89. The molecule has 2 rings (SSSR count). The molecule has 4 heteroatoms. The van der Waals surface area contributed by atoms with E-state index in [1.54, 1.807) is 0 Å². The third-order valence-electron chi connectivity index (χ3n) is 3.91. The van der Waals surface area contributed by atoms with E-state index in [9.17, 15) is 0 Å². The molecule has 0 amide bonds. The summed E-state index contributed by atoms with van der Waals surface area (Å²) in [4.78, 5) is 1.20. The maximum Gasteiger partial charge on any atom is 0.0603 e. The van der Waals surface area contributed by atoms with Gasteiger partial charge in [-0.2, -0.15) is 0 Å². The number of halogens is 2. The van der Waals surface area contributed by atoms with Gasteiger partial charge in [0.1, 0.15) is 0 Å². The monoisotopic (exact) mass is 317 g/mol. The molecule has 1 aromatic rings. The Morgan fingerprint density at radius 2 is 1.95 bits per heavy atom. The molecule has 1 nitrogen and oxygen atoms in total. The van der Waals surface area contributed by atoms with Crippen LogP contribution in [0, 0.1) is 5.92 Å². The molecule has 0 heterocycles. The van der Waals surface area contributed by atoms with Crippen molar-refractivity contribution in [1.29, 1.82) is 0 Å². The van der Waals surface area contributed by atoms with Gasteiger partial charge in [0.2, 0.25) is 0 Å². The van der Waals surface area contributed by atoms with Gasteiger partial charge in [-0.1, -0.05) is 42.5 Å². The molecule has 19 heavy (non-hydrogen) atoms. The first kappa shape index (κ1) is 15.5. The number of rotatable bonds is 5. The lowest BCUT2D eigenvalue weighted by Gasteiger charge is -2.29. The molecule has 0 spiro atoms. The van der Waals surface area contributed by atoms with Crippen LogP contribution in [-0.4, -0.2) is 18.8 Å². The van der Waals surface area contributed by atoms with Crippen molar-refractivity contribution in [3.8, 4) is 0 Å². The summed E-state index contributed by atoms with van der Waals surface area (Å²) in [7, 11) is 2.08. The maximum absolute atomic E-state index is 6.05. The lowest BCUT2D eigenvalue weighted by Crippen LogP contribution is -2.36. The Morgan fingerprint density at radius 1 is 1.21 bits per heavy atom. The highest BCUT2D eigenvalue weighted by atomic mass is 35.5. The molecule has 1 aliphatic carbocycles. The van der Waals surface area contributed by atoms with Crippen LogP contribution in [0.1, 0.15) is 32.1 Å². The second-order valence-electron chi connectivity index (χ2n) is 5.18. The van der Waals surface area contributed by atoms with E-state index in [4.69, 9.17) is 23.2 Å². The Morgan fingerprint density at radius 3 is 2.58 bits per heavy atom. The van der Waals surface area contributed by atoms with Gasteiger partial charge in [-0.15, -0.1) is 11.8 Å². The quantitative estimate of drug-likeness (QED) is 0.744. The standard InChI is InChI=1S/C15H21Cl2NS/c1-18-15(11-5-3-2-4-6-11)10-19-12-7-8-13(16)14(17)9-12/h7-9,11,15,18H,2-6,10H2,1H3. The predicted molar refractivity (Wildman–Crippen MR) is 86.6 cm³/mol. The van der Waals surface area contributed by atoms with Crippen molar-refractivity contribution in [2.75, 3.05) is 12.8 Å². The van der Waals surface area contributed by atoms with Gasteiger partial charge in [-0.25, -0.2) is 0 Å². The van der Waals surface area contributed by atoms with Crippen molar-refractivity contribution in [1.82, 2.24) is 5.32 Å². The van der Waals surface area contributed by atoms with Crippen LogP contribution in [0.5, 0.6) is 0 Å². The van der Waals surface area contributed by atoms with Crippen LogP contribution >= 0.6 is 35.0 Å². The highest BCUT2D eigenvalue weighted by molar-refractivity contribution is 7.99. The van der Waals surface area contributed by atoms with Crippen molar-refractivity contribution in [2.45, 2.75) is 43.0 Å². The minimum atomic E-state index is 0.597. The van der Waals surface area contributed by atoms with Gasteiger partial charge in [0.15, 0.2) is 0 Å². The van der Waals surface area contributed by atoms with Crippen LogP contribution in [0.25, 0.3) is 0 Å². The highest BCUT2D eigenvalue weighted by Crippen LogP contribution is 2.32. The summed E-state index contributed by atoms with van der Waals surface area (Å²) in [5, 5.41) is 4.76. The van der Waals surface area contributed by atoms with E-state index in [0.717, 1.165) is 11.7 Å². The molecule has 1 aromatic carbocycles. The smallest absolute Gasteiger partial charge is 0.0603 e. The van der Waals surface area contributed by atoms with Crippen molar-refractivity contribution in [3.63, 3.8) is 0 Å². The Hall–Kier alpha value is 0.110. The predicted octanol–water partition coefficient (Wildman–Crippen LogP) is 5.25. The molecule has 1 aliphatic rings. The minimum Gasteiger partial charge on any atom is -0.316 e. The van der Waals surface area contributed by atoms with Crippen LogP contribution in [0.2, 0.25) is 10.0 Å². The maximum atomic E-state index is 6.05. The zero-order valence-electron chi connectivity index (χ0n) is 11.3. The summed E-state index contributed by atoms with van der Waals surface area (Å²) in [5.41, 5.74) is 0. The van der Waals surface area contributed by atoms with Gasteiger partial charge in [-0.05, 0) is 44.0 Å². The first-order valence-corrected chi connectivity index (χ1v) is 8.70. The zero-order chi connectivity index (χ0) is 13.7. The zero-order valence-corrected chi connectivity index (χ0v) is 13.6. The average Bonchev–Trinajstić information content (AvgIpc) is 2.44. The fourth-order valence-corrected chi connectivity index (χ4v) is 4.28. The Kier molecular flexibility index (Phi) is 6.34. The van der Waals surface area contributed by atoms with Crippen molar-refractivity contribution >= 4 is 35.0 Å². The fourth-order valence-electron chi connectivity index (χ4n) is 2.74. The summed E-state index contributed by atoms with van der Waals surface area (Å²) in [6.45, 7) is 0. The second kappa shape index (κ2) is 7.78.